The lowest BCUT2D eigenvalue weighted by molar-refractivity contribution is 0.398. The number of aromatic nitrogens is 4. The zero-order valence-corrected chi connectivity index (χ0v) is 17.5. The van der Waals surface area contributed by atoms with Gasteiger partial charge in [0, 0.05) is 29.4 Å². The number of rotatable bonds is 4. The summed E-state index contributed by atoms with van der Waals surface area (Å²) in [5.41, 5.74) is 2.94. The van der Waals surface area contributed by atoms with Gasteiger partial charge in [0.15, 0.2) is 5.65 Å². The fourth-order valence-corrected chi connectivity index (χ4v) is 3.97. The van der Waals surface area contributed by atoms with Crippen molar-refractivity contribution in [1.82, 2.24) is 19.2 Å². The van der Waals surface area contributed by atoms with Crippen molar-refractivity contribution in [2.24, 2.45) is 0 Å². The summed E-state index contributed by atoms with van der Waals surface area (Å²) < 4.78 is 31.9. The summed E-state index contributed by atoms with van der Waals surface area (Å²) in [5, 5.41) is 4.69. The minimum Gasteiger partial charge on any atom is -0.481 e. The van der Waals surface area contributed by atoms with Gasteiger partial charge in [-0.1, -0.05) is 31.5 Å². The normalized spacial score (nSPS) is 11.0. The summed E-state index contributed by atoms with van der Waals surface area (Å²) in [6.45, 7) is 5.90. The molecule has 0 spiro atoms. The number of nitrogens with zero attached hydrogens (tertiary/aromatic N) is 4. The Bertz CT molecular complexity index is 1230. The van der Waals surface area contributed by atoms with Crippen molar-refractivity contribution in [1.29, 1.82) is 0 Å². The van der Waals surface area contributed by atoms with E-state index in [9.17, 15) is 8.42 Å². The van der Waals surface area contributed by atoms with Crippen LogP contribution in [0, 0.1) is 6.92 Å². The predicted octanol–water partition coefficient (Wildman–Crippen LogP) is 4.07. The van der Waals surface area contributed by atoms with E-state index in [1.54, 1.807) is 49.8 Å². The quantitative estimate of drug-likeness (QED) is 0.504. The van der Waals surface area contributed by atoms with Crippen LogP contribution >= 0.6 is 0 Å². The molecule has 0 saturated heterocycles. The van der Waals surface area contributed by atoms with Crippen LogP contribution in [0.1, 0.15) is 19.4 Å². The lowest BCUT2D eigenvalue weighted by Gasteiger charge is -2.07. The van der Waals surface area contributed by atoms with E-state index in [1.165, 1.54) is 6.20 Å². The lowest BCUT2D eigenvalue weighted by atomic mass is 10.1. The Morgan fingerprint density at radius 2 is 1.66 bits per heavy atom. The van der Waals surface area contributed by atoms with E-state index in [-0.39, 0.29) is 10.5 Å². The molecule has 8 heteroatoms. The lowest BCUT2D eigenvalue weighted by Crippen LogP contribution is -2.14. The van der Waals surface area contributed by atoms with Gasteiger partial charge in [0.05, 0.1) is 18.2 Å². The second-order valence-corrected chi connectivity index (χ2v) is 7.80. The summed E-state index contributed by atoms with van der Waals surface area (Å²) in [5.74, 6) is 0.491. The molecule has 0 amide bonds. The maximum atomic E-state index is 12.9. The molecule has 1 aromatic carbocycles. The van der Waals surface area contributed by atoms with Crippen LogP contribution in [0.5, 0.6) is 5.88 Å². The Kier molecular flexibility index (Phi) is 5.93. The average molecular weight is 410 g/mol. The molecule has 0 atom stereocenters. The van der Waals surface area contributed by atoms with Crippen LogP contribution in [-0.4, -0.2) is 34.7 Å². The highest BCUT2D eigenvalue weighted by Crippen LogP contribution is 2.26. The van der Waals surface area contributed by atoms with Crippen LogP contribution in [0.25, 0.3) is 22.2 Å². The standard InChI is InChI=1S/C19H16N4O3S.C2H6/c1-13-3-5-17(6-4-13)27(24,25)23-19-16(12-22-23)9-15(11-21-19)14-7-8-20-18(10-14)26-2;1-2/h3-12H,1-2H3;1-2H3. The second kappa shape index (κ2) is 8.40. The van der Waals surface area contributed by atoms with Crippen molar-refractivity contribution in [3.63, 3.8) is 0 Å². The van der Waals surface area contributed by atoms with E-state index in [4.69, 9.17) is 4.74 Å². The Morgan fingerprint density at radius 1 is 0.931 bits per heavy atom. The Labute approximate surface area is 170 Å². The first kappa shape index (κ1) is 20.5. The number of benzene rings is 1. The molecule has 3 aromatic heterocycles. The Hall–Kier alpha value is -3.26. The van der Waals surface area contributed by atoms with E-state index in [1.807, 2.05) is 32.9 Å². The third-order valence-electron chi connectivity index (χ3n) is 4.20. The molecule has 0 unspecified atom stereocenters. The van der Waals surface area contributed by atoms with Gasteiger partial charge in [-0.25, -0.2) is 9.97 Å². The smallest absolute Gasteiger partial charge is 0.284 e. The van der Waals surface area contributed by atoms with Gasteiger partial charge in [0.1, 0.15) is 0 Å². The minimum atomic E-state index is -3.81. The largest absolute Gasteiger partial charge is 0.481 e. The Morgan fingerprint density at radius 3 is 2.34 bits per heavy atom. The van der Waals surface area contributed by atoms with E-state index in [2.05, 4.69) is 15.1 Å². The number of aryl methyl sites for hydroxylation is 1. The van der Waals surface area contributed by atoms with Crippen molar-refractivity contribution < 1.29 is 13.2 Å². The van der Waals surface area contributed by atoms with Gasteiger partial charge in [-0.3, -0.25) is 0 Å². The van der Waals surface area contributed by atoms with Crippen molar-refractivity contribution >= 4 is 21.1 Å². The molecule has 150 valence electrons. The van der Waals surface area contributed by atoms with Crippen molar-refractivity contribution in [3.05, 3.63) is 66.6 Å². The van der Waals surface area contributed by atoms with Crippen molar-refractivity contribution in [2.75, 3.05) is 7.11 Å². The monoisotopic (exact) mass is 410 g/mol. The summed E-state index contributed by atoms with van der Waals surface area (Å²) in [4.78, 5) is 8.60. The van der Waals surface area contributed by atoms with Gasteiger partial charge in [0.2, 0.25) is 5.88 Å². The average Bonchev–Trinajstić information content (AvgIpc) is 3.19. The van der Waals surface area contributed by atoms with Crippen LogP contribution in [0.2, 0.25) is 0 Å². The number of hydrogen-bond acceptors (Lipinski definition) is 6. The number of ether oxygens (including phenoxy) is 1. The number of hydrogen-bond donors (Lipinski definition) is 0. The maximum absolute atomic E-state index is 12.9. The van der Waals surface area contributed by atoms with Gasteiger partial charge in [0.25, 0.3) is 10.0 Å². The molecule has 7 nitrogen and oxygen atoms in total. The van der Waals surface area contributed by atoms with Gasteiger partial charge < -0.3 is 4.74 Å². The third-order valence-corrected chi connectivity index (χ3v) is 5.79. The summed E-state index contributed by atoms with van der Waals surface area (Å²) in [6, 6.07) is 12.1. The predicted molar refractivity (Wildman–Crippen MR) is 112 cm³/mol. The zero-order valence-electron chi connectivity index (χ0n) is 16.7. The summed E-state index contributed by atoms with van der Waals surface area (Å²) in [7, 11) is -2.26. The van der Waals surface area contributed by atoms with Gasteiger partial charge in [-0.15, -0.1) is 4.09 Å². The fourth-order valence-electron chi connectivity index (χ4n) is 2.74. The molecule has 0 fully saturated rings. The number of fused-ring (bicyclic) bond motifs is 1. The highest BCUT2D eigenvalue weighted by atomic mass is 32.2. The van der Waals surface area contributed by atoms with Crippen LogP contribution in [0.3, 0.4) is 0 Å². The van der Waals surface area contributed by atoms with Gasteiger partial charge in [-0.2, -0.15) is 13.5 Å². The molecular weight excluding hydrogens is 388 g/mol. The third kappa shape index (κ3) is 3.97. The summed E-state index contributed by atoms with van der Waals surface area (Å²) >= 11 is 0. The summed E-state index contributed by atoms with van der Waals surface area (Å²) in [6.07, 6.45) is 4.75. The first-order chi connectivity index (χ1) is 14.0. The molecule has 0 radical (unpaired) electrons. The molecule has 0 saturated carbocycles. The van der Waals surface area contributed by atoms with Crippen LogP contribution < -0.4 is 4.74 Å². The topological polar surface area (TPSA) is 87.0 Å². The molecule has 29 heavy (non-hydrogen) atoms. The van der Waals surface area contributed by atoms with E-state index >= 15 is 0 Å². The van der Waals surface area contributed by atoms with Gasteiger partial charge >= 0.3 is 0 Å². The highest BCUT2D eigenvalue weighted by Gasteiger charge is 2.21. The second-order valence-electron chi connectivity index (χ2n) is 6.03. The number of pyridine rings is 2. The maximum Gasteiger partial charge on any atom is 0.284 e. The first-order valence-electron chi connectivity index (χ1n) is 9.15. The van der Waals surface area contributed by atoms with E-state index < -0.39 is 10.0 Å². The Balaban J connectivity index is 0.00000117. The minimum absolute atomic E-state index is 0.169. The zero-order chi connectivity index (χ0) is 21.0. The van der Waals surface area contributed by atoms with Crippen molar-refractivity contribution in [2.45, 2.75) is 25.7 Å². The fraction of sp³-hybridized carbons (Fsp3) is 0.190. The molecular formula is C21H22N4O3S. The van der Waals surface area contributed by atoms with Crippen molar-refractivity contribution in [3.8, 4) is 17.0 Å². The van der Waals surface area contributed by atoms with Crippen LogP contribution in [0.15, 0.2) is 66.0 Å². The van der Waals surface area contributed by atoms with Crippen LogP contribution in [-0.2, 0) is 10.0 Å². The molecule has 3 heterocycles. The highest BCUT2D eigenvalue weighted by molar-refractivity contribution is 7.90. The molecule has 0 aliphatic rings. The molecule has 0 aliphatic heterocycles. The van der Waals surface area contributed by atoms with Crippen LogP contribution in [0.4, 0.5) is 0 Å². The molecule has 4 rings (SSSR count). The number of methoxy groups -OCH3 is 1. The molecule has 0 aliphatic carbocycles. The molecule has 0 bridgehead atoms. The van der Waals surface area contributed by atoms with E-state index in [0.29, 0.717) is 11.3 Å². The van der Waals surface area contributed by atoms with Gasteiger partial charge in [-0.05, 0) is 36.8 Å². The SMILES string of the molecule is CC.COc1cc(-c2cnc3c(cnn3S(=O)(=O)c3ccc(C)cc3)c2)ccn1. The molecule has 4 aromatic rings. The van der Waals surface area contributed by atoms with E-state index in [0.717, 1.165) is 20.8 Å². The first-order valence-corrected chi connectivity index (χ1v) is 10.6. The molecule has 0 N–H and O–H groups in total.